The van der Waals surface area contributed by atoms with Gasteiger partial charge >= 0.3 is 0 Å². The second-order valence-corrected chi connectivity index (χ2v) is 10.1. The van der Waals surface area contributed by atoms with E-state index in [9.17, 15) is 14.4 Å². The van der Waals surface area contributed by atoms with Gasteiger partial charge in [0.1, 0.15) is 5.75 Å². The van der Waals surface area contributed by atoms with E-state index in [0.717, 1.165) is 47.2 Å². The minimum Gasteiger partial charge on any atom is -0.484 e. The maximum Gasteiger partial charge on any atom is 0.262 e. The molecule has 2 aliphatic heterocycles. The minimum atomic E-state index is -0.381. The number of carbonyl (C=O) groups excluding carboxylic acids is 3. The number of rotatable bonds is 9. The third-order valence-corrected chi connectivity index (χ3v) is 7.03. The summed E-state index contributed by atoms with van der Waals surface area (Å²) >= 11 is 3.49. The van der Waals surface area contributed by atoms with E-state index in [1.54, 1.807) is 29.2 Å². The summed E-state index contributed by atoms with van der Waals surface area (Å²) in [7, 11) is 0. The van der Waals surface area contributed by atoms with Crippen LogP contribution in [0.15, 0.2) is 40.9 Å². The van der Waals surface area contributed by atoms with Crippen LogP contribution in [0.1, 0.15) is 37.3 Å². The highest BCUT2D eigenvalue weighted by molar-refractivity contribution is 9.10. The molecule has 36 heavy (non-hydrogen) atoms. The number of hydrogen-bond donors (Lipinski definition) is 2. The van der Waals surface area contributed by atoms with Crippen molar-refractivity contribution in [3.8, 4) is 5.75 Å². The van der Waals surface area contributed by atoms with Gasteiger partial charge in [0.15, 0.2) is 6.61 Å². The van der Waals surface area contributed by atoms with Gasteiger partial charge in [-0.2, -0.15) is 0 Å². The van der Waals surface area contributed by atoms with Gasteiger partial charge in [-0.1, -0.05) is 22.9 Å². The molecular formula is C27H32BrN3O5. The number of benzene rings is 2. The third kappa shape index (κ3) is 6.44. The van der Waals surface area contributed by atoms with Crippen molar-refractivity contribution in [2.45, 2.75) is 45.6 Å². The summed E-state index contributed by atoms with van der Waals surface area (Å²) in [6.45, 7) is 5.44. The number of nitrogens with one attached hydrogen (secondary N) is 2. The molecule has 2 saturated heterocycles. The molecule has 192 valence electrons. The van der Waals surface area contributed by atoms with Crippen molar-refractivity contribution in [2.24, 2.45) is 5.92 Å². The van der Waals surface area contributed by atoms with E-state index in [4.69, 9.17) is 9.47 Å². The first kappa shape index (κ1) is 26.2. The van der Waals surface area contributed by atoms with Gasteiger partial charge in [-0.05, 0) is 73.7 Å². The van der Waals surface area contributed by atoms with Gasteiger partial charge in [-0.3, -0.25) is 14.4 Å². The Hall–Kier alpha value is -2.91. The van der Waals surface area contributed by atoms with Crippen molar-refractivity contribution >= 4 is 45.0 Å². The Morgan fingerprint density at radius 2 is 2.00 bits per heavy atom. The molecule has 4 rings (SSSR count). The van der Waals surface area contributed by atoms with Gasteiger partial charge in [-0.25, -0.2) is 0 Å². The van der Waals surface area contributed by atoms with Crippen molar-refractivity contribution in [3.63, 3.8) is 0 Å². The lowest BCUT2D eigenvalue weighted by molar-refractivity contribution is -0.126. The van der Waals surface area contributed by atoms with E-state index in [1.807, 2.05) is 26.0 Å². The van der Waals surface area contributed by atoms with Crippen molar-refractivity contribution in [1.29, 1.82) is 0 Å². The van der Waals surface area contributed by atoms with Crippen LogP contribution in [0.5, 0.6) is 5.75 Å². The van der Waals surface area contributed by atoms with Crippen LogP contribution in [-0.4, -0.2) is 50.1 Å². The van der Waals surface area contributed by atoms with E-state index in [-0.39, 0.29) is 42.8 Å². The monoisotopic (exact) mass is 557 g/mol. The smallest absolute Gasteiger partial charge is 0.262 e. The fraction of sp³-hybridized carbons (Fsp3) is 0.444. The highest BCUT2D eigenvalue weighted by Gasteiger charge is 2.35. The number of ether oxygens (including phenoxy) is 2. The molecule has 2 aromatic carbocycles. The highest BCUT2D eigenvalue weighted by atomic mass is 79.9. The van der Waals surface area contributed by atoms with Crippen LogP contribution >= 0.6 is 15.9 Å². The fourth-order valence-electron chi connectivity index (χ4n) is 4.61. The van der Waals surface area contributed by atoms with Gasteiger partial charge in [0.2, 0.25) is 11.8 Å². The molecule has 0 radical (unpaired) electrons. The molecule has 3 amide bonds. The number of nitrogens with zero attached hydrogens (tertiary/aromatic N) is 1. The molecule has 2 heterocycles. The van der Waals surface area contributed by atoms with Crippen molar-refractivity contribution in [1.82, 2.24) is 5.32 Å². The van der Waals surface area contributed by atoms with Gasteiger partial charge in [-0.15, -0.1) is 0 Å². The first-order chi connectivity index (χ1) is 17.3. The summed E-state index contributed by atoms with van der Waals surface area (Å²) in [6.07, 6.45) is 3.03. The van der Waals surface area contributed by atoms with Gasteiger partial charge in [0.25, 0.3) is 5.91 Å². The Labute approximate surface area is 219 Å². The first-order valence-corrected chi connectivity index (χ1v) is 13.1. The zero-order chi connectivity index (χ0) is 25.7. The standard InChI is InChI=1S/C27H32BrN3O5/c1-3-18-12-20(28)11-17(2)26(18)30-24(32)16-36-22-8-6-21(7-9-22)31-15-19(13-25(31)33)27(34)29-14-23-5-4-10-35-23/h6-9,11-12,19,23H,3-5,10,13-16H2,1-2H3,(H,29,34)(H,30,32)/t19-,23-/m1/s1. The van der Waals surface area contributed by atoms with E-state index >= 15 is 0 Å². The zero-order valence-corrected chi connectivity index (χ0v) is 22.2. The number of carbonyl (C=O) groups is 3. The van der Waals surface area contributed by atoms with Crippen molar-refractivity contribution < 1.29 is 23.9 Å². The number of aryl methyl sites for hydroxylation is 2. The number of halogens is 1. The largest absolute Gasteiger partial charge is 0.484 e. The van der Waals surface area contributed by atoms with E-state index in [2.05, 4.69) is 26.6 Å². The molecule has 2 fully saturated rings. The summed E-state index contributed by atoms with van der Waals surface area (Å²) in [5.41, 5.74) is 3.54. The quantitative estimate of drug-likeness (QED) is 0.486. The van der Waals surface area contributed by atoms with Crippen LogP contribution in [0.4, 0.5) is 11.4 Å². The number of hydrogen-bond acceptors (Lipinski definition) is 5. The van der Waals surface area contributed by atoms with Crippen LogP contribution in [0.3, 0.4) is 0 Å². The summed E-state index contributed by atoms with van der Waals surface area (Å²) in [5, 5.41) is 5.87. The van der Waals surface area contributed by atoms with Crippen LogP contribution < -0.4 is 20.3 Å². The molecule has 2 atom stereocenters. The lowest BCUT2D eigenvalue weighted by Gasteiger charge is -2.18. The number of anilines is 2. The molecule has 9 heteroatoms. The third-order valence-electron chi connectivity index (χ3n) is 6.57. The molecule has 2 aromatic rings. The molecule has 0 unspecified atom stereocenters. The molecule has 0 saturated carbocycles. The van der Waals surface area contributed by atoms with Gasteiger partial charge in [0, 0.05) is 42.0 Å². The highest BCUT2D eigenvalue weighted by Crippen LogP contribution is 2.28. The van der Waals surface area contributed by atoms with E-state index < -0.39 is 0 Å². The zero-order valence-electron chi connectivity index (χ0n) is 20.6. The lowest BCUT2D eigenvalue weighted by atomic mass is 10.1. The topological polar surface area (TPSA) is 97.0 Å². The second-order valence-electron chi connectivity index (χ2n) is 9.23. The second kappa shape index (κ2) is 11.9. The maximum atomic E-state index is 12.6. The van der Waals surface area contributed by atoms with Crippen LogP contribution in [0.25, 0.3) is 0 Å². The Kier molecular flexibility index (Phi) is 8.64. The van der Waals surface area contributed by atoms with Gasteiger partial charge in [0.05, 0.1) is 12.0 Å². The number of amides is 3. The Morgan fingerprint density at radius 3 is 2.69 bits per heavy atom. The summed E-state index contributed by atoms with van der Waals surface area (Å²) < 4.78 is 12.2. The van der Waals surface area contributed by atoms with Crippen LogP contribution in [-0.2, 0) is 25.5 Å². The molecule has 0 spiro atoms. The molecular weight excluding hydrogens is 526 g/mol. The minimum absolute atomic E-state index is 0.0735. The Balaban J connectivity index is 1.28. The average molecular weight is 558 g/mol. The predicted octanol–water partition coefficient (Wildman–Crippen LogP) is 3.99. The maximum absolute atomic E-state index is 12.6. The van der Waals surface area contributed by atoms with E-state index in [0.29, 0.717) is 24.5 Å². The molecule has 0 aliphatic carbocycles. The summed E-state index contributed by atoms with van der Waals surface area (Å²) in [4.78, 5) is 39.2. The lowest BCUT2D eigenvalue weighted by Crippen LogP contribution is -2.37. The molecule has 2 N–H and O–H groups in total. The predicted molar refractivity (Wildman–Crippen MR) is 141 cm³/mol. The molecule has 2 aliphatic rings. The fourth-order valence-corrected chi connectivity index (χ4v) is 5.23. The molecule has 0 aromatic heterocycles. The average Bonchev–Trinajstić information content (AvgIpc) is 3.53. The van der Waals surface area contributed by atoms with Crippen molar-refractivity contribution in [3.05, 3.63) is 52.0 Å². The SMILES string of the molecule is CCc1cc(Br)cc(C)c1NC(=O)COc1ccc(N2C[C@H](C(=O)NC[C@H]3CCCO3)CC2=O)cc1. The van der Waals surface area contributed by atoms with Crippen molar-refractivity contribution in [2.75, 3.05) is 36.5 Å². The molecule has 8 nitrogen and oxygen atoms in total. The van der Waals surface area contributed by atoms with Crippen LogP contribution in [0.2, 0.25) is 0 Å². The summed E-state index contributed by atoms with van der Waals surface area (Å²) in [6, 6.07) is 11.0. The van der Waals surface area contributed by atoms with Gasteiger partial charge < -0.3 is 25.0 Å². The first-order valence-electron chi connectivity index (χ1n) is 12.4. The summed E-state index contributed by atoms with van der Waals surface area (Å²) in [5.74, 6) is -0.300. The van der Waals surface area contributed by atoms with E-state index in [1.165, 1.54) is 0 Å². The normalized spacial score (nSPS) is 19.4. The Bertz CT molecular complexity index is 1120. The Morgan fingerprint density at radius 1 is 1.22 bits per heavy atom. The molecule has 0 bridgehead atoms. The van der Waals surface area contributed by atoms with Crippen LogP contribution in [0, 0.1) is 12.8 Å².